The molecule has 0 aromatic heterocycles. The molecule has 0 radical (unpaired) electrons. The maximum Gasteiger partial charge on any atom is 0.252 e. The number of rotatable bonds is 5. The van der Waals surface area contributed by atoms with Gasteiger partial charge >= 0.3 is 0 Å². The Morgan fingerprint density at radius 1 is 0.455 bits per heavy atom. The zero-order valence-electron chi connectivity index (χ0n) is 41.6. The molecule has 2 aliphatic heterocycles. The highest BCUT2D eigenvalue weighted by molar-refractivity contribution is 7.00. The monoisotopic (exact) mass is 864 g/mol. The zero-order chi connectivity index (χ0) is 46.5. The van der Waals surface area contributed by atoms with E-state index in [4.69, 9.17) is 0 Å². The SMILES string of the molecule is Cc1cc2c3c(c1)N(c1ccc(C(C)(C)C)cc1C)c1ccc(N(c4ccccc4)c4ccccc4)cc1B3c1cc3c(cc1N2c1ccc2c(c1)C(C)(C)CC2(C)C)C(C)(C)CC3(C)C. The van der Waals surface area contributed by atoms with Crippen molar-refractivity contribution in [1.29, 1.82) is 0 Å². The Hall–Kier alpha value is -6.00. The lowest BCUT2D eigenvalue weighted by Gasteiger charge is -2.45. The van der Waals surface area contributed by atoms with E-state index >= 15 is 0 Å². The fourth-order valence-corrected chi connectivity index (χ4v) is 13.4. The molecule has 0 unspecified atom stereocenters. The van der Waals surface area contributed by atoms with Crippen LogP contribution in [0.4, 0.5) is 51.2 Å². The number of hydrogen-bond acceptors (Lipinski definition) is 3. The van der Waals surface area contributed by atoms with Crippen LogP contribution in [0.3, 0.4) is 0 Å². The van der Waals surface area contributed by atoms with E-state index in [1.54, 1.807) is 0 Å². The number of aryl methyl sites for hydroxylation is 2. The topological polar surface area (TPSA) is 9.72 Å². The molecule has 0 atom stereocenters. The lowest BCUT2D eigenvalue weighted by atomic mass is 9.33. The van der Waals surface area contributed by atoms with E-state index in [1.165, 1.54) is 89.5 Å². The fraction of sp³-hybridized carbons (Fsp3) is 0.323. The van der Waals surface area contributed by atoms with Gasteiger partial charge < -0.3 is 14.7 Å². The zero-order valence-corrected chi connectivity index (χ0v) is 41.6. The van der Waals surface area contributed by atoms with Crippen LogP contribution in [-0.4, -0.2) is 6.71 Å². The van der Waals surface area contributed by atoms with Crippen molar-refractivity contribution >= 4 is 74.3 Å². The Bertz CT molecular complexity index is 3070. The fourth-order valence-electron chi connectivity index (χ4n) is 13.4. The molecular formula is C62H66BN3. The van der Waals surface area contributed by atoms with Crippen LogP contribution in [0.15, 0.2) is 140 Å². The van der Waals surface area contributed by atoms with Crippen molar-refractivity contribution in [2.24, 2.45) is 0 Å². The minimum absolute atomic E-state index is 0.00906. The number of hydrogen-bond donors (Lipinski definition) is 0. The average molecular weight is 864 g/mol. The molecule has 0 saturated heterocycles. The van der Waals surface area contributed by atoms with Crippen LogP contribution >= 0.6 is 0 Å². The molecule has 66 heavy (non-hydrogen) atoms. The lowest BCUT2D eigenvalue weighted by Crippen LogP contribution is -2.61. The number of fused-ring (bicyclic) bond motifs is 6. The van der Waals surface area contributed by atoms with Crippen molar-refractivity contribution in [2.75, 3.05) is 14.7 Å². The van der Waals surface area contributed by atoms with E-state index in [9.17, 15) is 0 Å². The first-order valence-electron chi connectivity index (χ1n) is 24.4. The molecule has 0 amide bonds. The van der Waals surface area contributed by atoms with Gasteiger partial charge in [-0.2, -0.15) is 0 Å². The maximum absolute atomic E-state index is 2.67. The van der Waals surface area contributed by atoms with Gasteiger partial charge in [-0.3, -0.25) is 0 Å². The van der Waals surface area contributed by atoms with Crippen LogP contribution in [-0.2, 0) is 27.1 Å². The highest BCUT2D eigenvalue weighted by Crippen LogP contribution is 2.55. The molecule has 3 nitrogen and oxygen atoms in total. The summed E-state index contributed by atoms with van der Waals surface area (Å²) in [5.74, 6) is 0. The van der Waals surface area contributed by atoms with Crippen LogP contribution in [0.25, 0.3) is 0 Å². The quantitative estimate of drug-likeness (QED) is 0.160. The minimum atomic E-state index is -0.00906. The van der Waals surface area contributed by atoms with E-state index in [2.05, 4.69) is 244 Å². The van der Waals surface area contributed by atoms with Gasteiger partial charge in [0.05, 0.1) is 0 Å². The Kier molecular flexibility index (Phi) is 9.21. The Morgan fingerprint density at radius 2 is 0.985 bits per heavy atom. The molecule has 0 bridgehead atoms. The highest BCUT2D eigenvalue weighted by atomic mass is 15.2. The van der Waals surface area contributed by atoms with Crippen molar-refractivity contribution < 1.29 is 0 Å². The molecule has 7 aromatic rings. The molecule has 0 saturated carbocycles. The molecule has 7 aromatic carbocycles. The van der Waals surface area contributed by atoms with Crippen molar-refractivity contribution in [3.8, 4) is 0 Å². The van der Waals surface area contributed by atoms with Crippen molar-refractivity contribution in [2.45, 2.75) is 130 Å². The highest BCUT2D eigenvalue weighted by Gasteiger charge is 2.49. The summed E-state index contributed by atoms with van der Waals surface area (Å²) in [4.78, 5) is 7.71. The van der Waals surface area contributed by atoms with Crippen LogP contribution in [0.2, 0.25) is 0 Å². The summed E-state index contributed by atoms with van der Waals surface area (Å²) in [6.07, 6.45) is 2.25. The number of benzene rings is 7. The first kappa shape index (κ1) is 42.6. The van der Waals surface area contributed by atoms with E-state index in [0.29, 0.717) is 0 Å². The summed E-state index contributed by atoms with van der Waals surface area (Å²) in [7, 11) is 0. The molecular weight excluding hydrogens is 798 g/mol. The summed E-state index contributed by atoms with van der Waals surface area (Å²) in [6, 6.07) is 53.9. The predicted molar refractivity (Wildman–Crippen MR) is 285 cm³/mol. The first-order valence-corrected chi connectivity index (χ1v) is 24.4. The standard InChI is InChI=1S/C62H66BN3/c1-39-30-55-57-56(31-39)66(52-28-24-41(32-40(52)2)58(3,4)5)53-29-26-45(64(42-20-16-14-17-21-42)43-22-18-15-19-23-43)34-50(53)63(57)51-35-48-49(62(12,13)38-61(48,10)11)36-54(51)65(55)44-25-27-46-47(33-44)60(8,9)37-59(46,6)7/h14-36H,37-38H2,1-13H3. The molecule has 2 aliphatic carbocycles. The van der Waals surface area contributed by atoms with Gasteiger partial charge in [-0.1, -0.05) is 137 Å². The molecule has 0 fully saturated rings. The van der Waals surface area contributed by atoms with Gasteiger partial charge in [-0.25, -0.2) is 0 Å². The van der Waals surface area contributed by atoms with Crippen molar-refractivity contribution in [1.82, 2.24) is 0 Å². The molecule has 4 heteroatoms. The van der Waals surface area contributed by atoms with Gasteiger partial charge in [0.1, 0.15) is 0 Å². The van der Waals surface area contributed by atoms with Gasteiger partial charge in [-0.05, 0) is 188 Å². The van der Waals surface area contributed by atoms with E-state index in [-0.39, 0.29) is 33.8 Å². The van der Waals surface area contributed by atoms with Crippen molar-refractivity contribution in [3.63, 3.8) is 0 Å². The van der Waals surface area contributed by atoms with E-state index in [1.807, 2.05) is 0 Å². The average Bonchev–Trinajstić information content (AvgIpc) is 3.56. The summed E-state index contributed by atoms with van der Waals surface area (Å²) >= 11 is 0. The molecule has 2 heterocycles. The predicted octanol–water partition coefficient (Wildman–Crippen LogP) is 15.1. The van der Waals surface area contributed by atoms with Gasteiger partial charge in [0.2, 0.25) is 0 Å². The van der Waals surface area contributed by atoms with Crippen LogP contribution in [0, 0.1) is 13.8 Å². The normalized spacial score (nSPS) is 17.7. The second-order valence-electron chi connectivity index (χ2n) is 23.9. The van der Waals surface area contributed by atoms with Gasteiger partial charge in [0.15, 0.2) is 0 Å². The van der Waals surface area contributed by atoms with Gasteiger partial charge in [0, 0.05) is 51.2 Å². The summed E-state index contributed by atoms with van der Waals surface area (Å²) in [5.41, 5.74) is 25.2. The van der Waals surface area contributed by atoms with Crippen LogP contribution < -0.4 is 31.1 Å². The summed E-state index contributed by atoms with van der Waals surface area (Å²) < 4.78 is 0. The van der Waals surface area contributed by atoms with Crippen LogP contribution in [0.5, 0.6) is 0 Å². The van der Waals surface area contributed by atoms with E-state index in [0.717, 1.165) is 29.9 Å². The Morgan fingerprint density at radius 3 is 1.58 bits per heavy atom. The number of nitrogens with zero attached hydrogens (tertiary/aromatic N) is 3. The van der Waals surface area contributed by atoms with Gasteiger partial charge in [-0.15, -0.1) is 0 Å². The third-order valence-corrected chi connectivity index (χ3v) is 15.9. The third kappa shape index (κ3) is 6.45. The third-order valence-electron chi connectivity index (χ3n) is 15.9. The Balaban J connectivity index is 1.24. The van der Waals surface area contributed by atoms with E-state index < -0.39 is 0 Å². The molecule has 11 rings (SSSR count). The van der Waals surface area contributed by atoms with Gasteiger partial charge in [0.25, 0.3) is 6.71 Å². The number of anilines is 9. The molecule has 332 valence electrons. The maximum atomic E-state index is 2.67. The lowest BCUT2D eigenvalue weighted by molar-refractivity contribution is 0.403. The molecule has 0 N–H and O–H groups in total. The summed E-state index contributed by atoms with van der Waals surface area (Å²) in [5, 5.41) is 0. The Labute approximate surface area is 395 Å². The number of para-hydroxylation sites is 2. The first-order chi connectivity index (χ1) is 31.1. The molecule has 0 spiro atoms. The van der Waals surface area contributed by atoms with Crippen molar-refractivity contribution in [3.05, 3.63) is 178 Å². The minimum Gasteiger partial charge on any atom is -0.311 e. The second-order valence-corrected chi connectivity index (χ2v) is 23.9. The smallest absolute Gasteiger partial charge is 0.252 e. The largest absolute Gasteiger partial charge is 0.311 e. The molecule has 4 aliphatic rings. The van der Waals surface area contributed by atoms with Crippen LogP contribution in [0.1, 0.15) is 128 Å². The second kappa shape index (κ2) is 14.3. The summed E-state index contributed by atoms with van der Waals surface area (Å²) in [6.45, 7) is 31.2.